The van der Waals surface area contributed by atoms with E-state index in [2.05, 4.69) is 10.8 Å². The van der Waals surface area contributed by atoms with Crippen molar-refractivity contribution in [1.29, 1.82) is 0 Å². The van der Waals surface area contributed by atoms with E-state index in [1.807, 2.05) is 13.8 Å². The second-order valence-electron chi connectivity index (χ2n) is 7.65. The van der Waals surface area contributed by atoms with Crippen LogP contribution in [0.4, 0.5) is 13.2 Å². The molecule has 0 N–H and O–H groups in total. The van der Waals surface area contributed by atoms with Crippen LogP contribution >= 0.6 is 0 Å². The summed E-state index contributed by atoms with van der Waals surface area (Å²) >= 11 is 0. The van der Waals surface area contributed by atoms with E-state index in [1.165, 1.54) is 6.08 Å². The molecule has 1 spiro atoms. The van der Waals surface area contributed by atoms with Crippen LogP contribution < -0.4 is 0 Å². The highest BCUT2D eigenvalue weighted by Gasteiger charge is 2.49. The summed E-state index contributed by atoms with van der Waals surface area (Å²) in [6.07, 6.45) is 11.3. The predicted octanol–water partition coefficient (Wildman–Crippen LogP) is 5.87. The average Bonchev–Trinajstić information content (AvgIpc) is 3.19. The number of hydrogen-bond acceptors (Lipinski definition) is 3. The fraction of sp³-hybridized carbons (Fsp3) is 0.684. The maximum absolute atomic E-state index is 12.8. The van der Waals surface area contributed by atoms with Crippen LogP contribution in [-0.4, -0.2) is 13.9 Å². The van der Waals surface area contributed by atoms with Gasteiger partial charge in [0.15, 0.2) is 0 Å². The van der Waals surface area contributed by atoms with Crippen LogP contribution in [0.5, 0.6) is 0 Å². The van der Waals surface area contributed by atoms with E-state index < -0.39 is 15.6 Å². The molecule has 0 amide bonds. The third-order valence-corrected chi connectivity index (χ3v) is 6.76. The van der Waals surface area contributed by atoms with Crippen molar-refractivity contribution in [2.45, 2.75) is 64.3 Å². The lowest BCUT2D eigenvalue weighted by atomic mass is 9.84. The van der Waals surface area contributed by atoms with Gasteiger partial charge in [0.1, 0.15) is 5.76 Å². The molecule has 3 nitrogen and oxygen atoms in total. The van der Waals surface area contributed by atoms with Gasteiger partial charge in [0, 0.05) is 0 Å². The van der Waals surface area contributed by atoms with Crippen molar-refractivity contribution in [3.05, 3.63) is 36.1 Å². The van der Waals surface area contributed by atoms with Crippen molar-refractivity contribution in [1.82, 2.24) is 0 Å². The number of rotatable bonds is 6. The Kier molecular flexibility index (Phi) is 6.31. The van der Waals surface area contributed by atoms with E-state index in [4.69, 9.17) is 0 Å². The maximum atomic E-state index is 12.8. The van der Waals surface area contributed by atoms with Crippen molar-refractivity contribution in [2.75, 3.05) is 0 Å². The highest BCUT2D eigenvalue weighted by atomic mass is 32.2. The van der Waals surface area contributed by atoms with Crippen LogP contribution in [0.25, 0.3) is 0 Å². The molecule has 0 heterocycles. The lowest BCUT2D eigenvalue weighted by Gasteiger charge is -2.21. The Hall–Kier alpha value is -1.24. The summed E-state index contributed by atoms with van der Waals surface area (Å²) in [6.45, 7) is 7.54. The van der Waals surface area contributed by atoms with Crippen molar-refractivity contribution in [2.24, 2.45) is 17.3 Å². The molecule has 2 atom stereocenters. The molecule has 26 heavy (non-hydrogen) atoms. The third-order valence-electron chi connectivity index (χ3n) is 5.79. The lowest BCUT2D eigenvalue weighted by Crippen LogP contribution is -2.25. The van der Waals surface area contributed by atoms with Crippen LogP contribution in [0.2, 0.25) is 0 Å². The zero-order chi connectivity index (χ0) is 19.6. The number of halogens is 3. The number of hydrogen-bond donors (Lipinski definition) is 0. The third kappa shape index (κ3) is 4.72. The smallest absolute Gasteiger partial charge is 0.376 e. The molecular formula is C19H27F3O3S. The Balaban J connectivity index is 2.32. The van der Waals surface area contributed by atoms with Crippen LogP contribution in [-0.2, 0) is 14.3 Å². The SMILES string of the molecule is C=CC(C)[C@@H](C)/C=C\C(OS(=O)(=O)C(F)(F)F)=C1/CCC2(CCCC2)C1. The molecule has 148 valence electrons. The van der Waals surface area contributed by atoms with Crippen LogP contribution in [0.15, 0.2) is 36.1 Å². The topological polar surface area (TPSA) is 43.4 Å². The molecule has 2 saturated carbocycles. The van der Waals surface area contributed by atoms with E-state index in [-0.39, 0.29) is 23.0 Å². The standard InChI is InChI=1S/C19H27F3O3S/c1-4-14(2)15(3)7-8-17(25-26(23,24)19(20,21)22)16-9-12-18(13-16)10-5-6-11-18/h4,7-8,14-15H,1,5-6,9-13H2,2-3H3/b8-7-,17-16-/t14?,15-/m0/s1. The molecule has 7 heteroatoms. The average molecular weight is 392 g/mol. The Morgan fingerprint density at radius 2 is 1.81 bits per heavy atom. The maximum Gasteiger partial charge on any atom is 0.534 e. The van der Waals surface area contributed by atoms with E-state index in [0.29, 0.717) is 18.4 Å². The first-order chi connectivity index (χ1) is 12.0. The van der Waals surface area contributed by atoms with E-state index in [9.17, 15) is 21.6 Å². The van der Waals surface area contributed by atoms with Crippen molar-refractivity contribution in [3.8, 4) is 0 Å². The summed E-state index contributed by atoms with van der Waals surface area (Å²) in [5, 5.41) is 0. The van der Waals surface area contributed by atoms with Gasteiger partial charge < -0.3 is 4.18 Å². The Morgan fingerprint density at radius 3 is 2.35 bits per heavy atom. The largest absolute Gasteiger partial charge is 0.534 e. The van der Waals surface area contributed by atoms with Crippen molar-refractivity contribution < 1.29 is 25.8 Å². The summed E-state index contributed by atoms with van der Waals surface area (Å²) in [4.78, 5) is 0. The normalized spacial score (nSPS) is 24.8. The van der Waals surface area contributed by atoms with Crippen molar-refractivity contribution in [3.63, 3.8) is 0 Å². The van der Waals surface area contributed by atoms with Gasteiger partial charge in [-0.05, 0) is 61.0 Å². The zero-order valence-corrected chi connectivity index (χ0v) is 16.1. The van der Waals surface area contributed by atoms with E-state index >= 15 is 0 Å². The fourth-order valence-corrected chi connectivity index (χ4v) is 4.31. The summed E-state index contributed by atoms with van der Waals surface area (Å²) in [7, 11) is -5.67. The van der Waals surface area contributed by atoms with Gasteiger partial charge >= 0.3 is 15.6 Å². The molecular weight excluding hydrogens is 365 g/mol. The van der Waals surface area contributed by atoms with Gasteiger partial charge in [-0.15, -0.1) is 6.58 Å². The van der Waals surface area contributed by atoms with Crippen LogP contribution in [0, 0.1) is 17.3 Å². The molecule has 0 radical (unpaired) electrons. The summed E-state index contributed by atoms with van der Waals surface area (Å²) in [5.74, 6) is -0.0437. The molecule has 2 rings (SSSR count). The summed E-state index contributed by atoms with van der Waals surface area (Å²) in [6, 6.07) is 0. The van der Waals surface area contributed by atoms with Gasteiger partial charge in [-0.3, -0.25) is 0 Å². The molecule has 2 aliphatic carbocycles. The Morgan fingerprint density at radius 1 is 1.19 bits per heavy atom. The number of alkyl halides is 3. The quantitative estimate of drug-likeness (QED) is 0.246. The van der Waals surface area contributed by atoms with Gasteiger partial charge in [0.2, 0.25) is 0 Å². The first kappa shape index (κ1) is 21.1. The van der Waals surface area contributed by atoms with Gasteiger partial charge in [0.05, 0.1) is 0 Å². The Labute approximate surface area is 154 Å². The van der Waals surface area contributed by atoms with E-state index in [1.54, 1.807) is 12.2 Å². The van der Waals surface area contributed by atoms with Crippen molar-refractivity contribution >= 4 is 10.1 Å². The first-order valence-electron chi connectivity index (χ1n) is 9.03. The second-order valence-corrected chi connectivity index (χ2v) is 9.19. The highest BCUT2D eigenvalue weighted by Crippen LogP contribution is 2.53. The van der Waals surface area contributed by atoms with Gasteiger partial charge in [0.25, 0.3) is 0 Å². The van der Waals surface area contributed by atoms with Crippen LogP contribution in [0.1, 0.15) is 58.8 Å². The molecule has 1 unspecified atom stereocenters. The molecule has 0 aromatic carbocycles. The fourth-order valence-electron chi connectivity index (χ4n) is 3.81. The molecule has 0 bridgehead atoms. The zero-order valence-electron chi connectivity index (χ0n) is 15.3. The lowest BCUT2D eigenvalue weighted by molar-refractivity contribution is -0.0520. The van der Waals surface area contributed by atoms with Gasteiger partial charge in [-0.2, -0.15) is 21.6 Å². The molecule has 0 saturated heterocycles. The van der Waals surface area contributed by atoms with Crippen LogP contribution in [0.3, 0.4) is 0 Å². The van der Waals surface area contributed by atoms with Gasteiger partial charge in [-0.1, -0.05) is 38.8 Å². The van der Waals surface area contributed by atoms with E-state index in [0.717, 1.165) is 32.1 Å². The second kappa shape index (κ2) is 7.79. The molecule has 0 aliphatic heterocycles. The molecule has 2 fully saturated rings. The Bertz CT molecular complexity index is 683. The molecule has 0 aromatic heterocycles. The highest BCUT2D eigenvalue weighted by molar-refractivity contribution is 7.87. The van der Waals surface area contributed by atoms with Gasteiger partial charge in [-0.25, -0.2) is 0 Å². The first-order valence-corrected chi connectivity index (χ1v) is 10.4. The summed E-state index contributed by atoms with van der Waals surface area (Å²) in [5.41, 5.74) is -4.65. The minimum absolute atomic E-state index is 0.00198. The molecule has 0 aromatic rings. The monoisotopic (exact) mass is 392 g/mol. The summed E-state index contributed by atoms with van der Waals surface area (Å²) < 4.78 is 66.0. The predicted molar refractivity (Wildman–Crippen MR) is 95.5 cm³/mol. The number of allylic oxidation sites excluding steroid dienone is 4. The minimum Gasteiger partial charge on any atom is -0.376 e. The molecule has 2 aliphatic rings. The minimum atomic E-state index is -5.67.